The second kappa shape index (κ2) is 4.71. The minimum Gasteiger partial charge on any atom is -0.264 e. The molecule has 3 rings (SSSR count). The molecule has 1 aromatic carbocycles. The Morgan fingerprint density at radius 1 is 1.37 bits per heavy atom. The number of nitrogens with one attached hydrogen (secondary N) is 1. The van der Waals surface area contributed by atoms with E-state index >= 15 is 0 Å². The van der Waals surface area contributed by atoms with Gasteiger partial charge in [0.25, 0.3) is 0 Å². The summed E-state index contributed by atoms with van der Waals surface area (Å²) >= 11 is 6.74. The molecular weight excluding hydrogens is 281 g/mol. The van der Waals surface area contributed by atoms with Crippen LogP contribution in [0.1, 0.15) is 5.56 Å². The molecule has 0 saturated carbocycles. The number of nitrogens with zero attached hydrogens (tertiary/aromatic N) is 2. The molecular formula is C13H10FN3S2. The van der Waals surface area contributed by atoms with Gasteiger partial charge in [-0.15, -0.1) is 11.3 Å². The van der Waals surface area contributed by atoms with Crippen molar-refractivity contribution in [2.75, 3.05) is 0 Å². The Labute approximate surface area is 118 Å². The molecule has 96 valence electrons. The highest BCUT2D eigenvalue weighted by Gasteiger charge is 2.14. The molecule has 0 unspecified atom stereocenters. The maximum absolute atomic E-state index is 14.1. The zero-order chi connectivity index (χ0) is 13.4. The molecule has 3 aromatic rings. The zero-order valence-corrected chi connectivity index (χ0v) is 11.7. The van der Waals surface area contributed by atoms with Gasteiger partial charge in [0.2, 0.25) is 0 Å². The number of aryl methyl sites for hydroxylation is 1. The van der Waals surface area contributed by atoms with Gasteiger partial charge in [-0.2, -0.15) is 5.10 Å². The van der Waals surface area contributed by atoms with Crippen LogP contribution >= 0.6 is 23.6 Å². The number of benzene rings is 1. The van der Waals surface area contributed by atoms with Crippen LogP contribution in [0.5, 0.6) is 0 Å². The summed E-state index contributed by atoms with van der Waals surface area (Å²) in [4.78, 5) is 0.937. The fourth-order valence-electron chi connectivity index (χ4n) is 1.88. The van der Waals surface area contributed by atoms with E-state index in [2.05, 4.69) is 10.2 Å². The number of thiophene rings is 1. The molecule has 3 nitrogen and oxygen atoms in total. The minimum absolute atomic E-state index is 0.310. The molecule has 0 atom stereocenters. The predicted molar refractivity (Wildman–Crippen MR) is 76.8 cm³/mol. The normalized spacial score (nSPS) is 10.8. The largest absolute Gasteiger partial charge is 0.264 e. The van der Waals surface area contributed by atoms with Gasteiger partial charge in [0.05, 0.1) is 10.6 Å². The van der Waals surface area contributed by atoms with Crippen molar-refractivity contribution in [3.63, 3.8) is 0 Å². The average molecular weight is 291 g/mol. The zero-order valence-electron chi connectivity index (χ0n) is 10.1. The van der Waals surface area contributed by atoms with Crippen molar-refractivity contribution in [2.45, 2.75) is 6.92 Å². The topological polar surface area (TPSA) is 33.6 Å². The molecule has 19 heavy (non-hydrogen) atoms. The maximum atomic E-state index is 14.1. The molecule has 2 aromatic heterocycles. The summed E-state index contributed by atoms with van der Waals surface area (Å²) in [6.07, 6.45) is 0. The summed E-state index contributed by atoms with van der Waals surface area (Å²) in [5, 5.41) is 8.86. The van der Waals surface area contributed by atoms with Gasteiger partial charge in [-0.05, 0) is 48.3 Å². The van der Waals surface area contributed by atoms with Crippen molar-refractivity contribution in [1.29, 1.82) is 0 Å². The van der Waals surface area contributed by atoms with E-state index in [0.29, 0.717) is 16.3 Å². The van der Waals surface area contributed by atoms with Gasteiger partial charge in [0.15, 0.2) is 10.6 Å². The first kappa shape index (κ1) is 12.3. The molecule has 0 aliphatic carbocycles. The maximum Gasteiger partial charge on any atom is 0.200 e. The molecule has 1 N–H and O–H groups in total. The average Bonchev–Trinajstić information content (AvgIpc) is 2.99. The van der Waals surface area contributed by atoms with E-state index in [1.54, 1.807) is 10.6 Å². The number of hydrogen-bond donors (Lipinski definition) is 1. The van der Waals surface area contributed by atoms with Crippen LogP contribution in [0.25, 0.3) is 16.4 Å². The number of aromatic nitrogens is 3. The Kier molecular flexibility index (Phi) is 3.04. The molecule has 6 heteroatoms. The standard InChI is InChI=1S/C13H10FN3S2/c1-8-4-5-10(9(14)7-8)17-12(15-16-13(17)18)11-3-2-6-19-11/h2-7H,1H3,(H,16,18). The molecule has 0 spiro atoms. The quantitative estimate of drug-likeness (QED) is 0.721. The molecule has 0 amide bonds. The van der Waals surface area contributed by atoms with Crippen molar-refractivity contribution in [1.82, 2.24) is 14.8 Å². The Morgan fingerprint density at radius 3 is 2.89 bits per heavy atom. The highest BCUT2D eigenvalue weighted by molar-refractivity contribution is 7.71. The third-order valence-corrected chi connectivity index (χ3v) is 3.90. The van der Waals surface area contributed by atoms with Crippen LogP contribution in [-0.2, 0) is 0 Å². The summed E-state index contributed by atoms with van der Waals surface area (Å²) in [5.74, 6) is 0.318. The van der Waals surface area contributed by atoms with Crippen LogP contribution < -0.4 is 0 Å². The van der Waals surface area contributed by atoms with Crippen molar-refractivity contribution in [2.24, 2.45) is 0 Å². The second-order valence-electron chi connectivity index (χ2n) is 4.12. The monoisotopic (exact) mass is 291 g/mol. The van der Waals surface area contributed by atoms with Crippen LogP contribution in [-0.4, -0.2) is 14.8 Å². The van der Waals surface area contributed by atoms with E-state index in [1.165, 1.54) is 17.4 Å². The summed E-state index contributed by atoms with van der Waals surface area (Å²) < 4.78 is 16.1. The van der Waals surface area contributed by atoms with Gasteiger partial charge >= 0.3 is 0 Å². The summed E-state index contributed by atoms with van der Waals surface area (Å²) in [6.45, 7) is 1.85. The van der Waals surface area contributed by atoms with Crippen molar-refractivity contribution >= 4 is 23.6 Å². The van der Waals surface area contributed by atoms with E-state index < -0.39 is 0 Å². The lowest BCUT2D eigenvalue weighted by atomic mass is 10.2. The fourth-order valence-corrected chi connectivity index (χ4v) is 2.82. The Morgan fingerprint density at radius 2 is 2.21 bits per heavy atom. The lowest BCUT2D eigenvalue weighted by Gasteiger charge is -2.07. The van der Waals surface area contributed by atoms with Gasteiger partial charge in [0, 0.05) is 0 Å². The van der Waals surface area contributed by atoms with E-state index in [4.69, 9.17) is 12.2 Å². The number of rotatable bonds is 2. The van der Waals surface area contributed by atoms with Crippen molar-refractivity contribution in [3.05, 3.63) is 51.9 Å². The molecule has 0 radical (unpaired) electrons. The highest BCUT2D eigenvalue weighted by Crippen LogP contribution is 2.26. The van der Waals surface area contributed by atoms with E-state index in [9.17, 15) is 4.39 Å². The summed E-state index contributed by atoms with van der Waals surface area (Å²) in [6, 6.07) is 8.91. The third-order valence-electron chi connectivity index (χ3n) is 2.76. The predicted octanol–water partition coefficient (Wildman–Crippen LogP) is 4.11. The fraction of sp³-hybridized carbons (Fsp3) is 0.0769. The van der Waals surface area contributed by atoms with Gasteiger partial charge in [-0.25, -0.2) is 4.39 Å². The lowest BCUT2D eigenvalue weighted by Crippen LogP contribution is -2.00. The first-order chi connectivity index (χ1) is 9.16. The Bertz CT molecular complexity index is 772. The van der Waals surface area contributed by atoms with Gasteiger partial charge in [-0.3, -0.25) is 9.67 Å². The van der Waals surface area contributed by atoms with Crippen molar-refractivity contribution < 1.29 is 4.39 Å². The first-order valence-corrected chi connectivity index (χ1v) is 6.93. The minimum atomic E-state index is -0.310. The molecule has 0 aliphatic rings. The highest BCUT2D eigenvalue weighted by atomic mass is 32.1. The third kappa shape index (κ3) is 2.13. The summed E-state index contributed by atoms with van der Waals surface area (Å²) in [5.41, 5.74) is 1.28. The van der Waals surface area contributed by atoms with Gasteiger partial charge in [0.1, 0.15) is 5.82 Å². The van der Waals surface area contributed by atoms with Crippen molar-refractivity contribution in [3.8, 4) is 16.4 Å². The van der Waals surface area contributed by atoms with Crippen LogP contribution in [0, 0.1) is 17.5 Å². The summed E-state index contributed by atoms with van der Waals surface area (Å²) in [7, 11) is 0. The molecule has 0 fully saturated rings. The van der Waals surface area contributed by atoms with Crippen LogP contribution in [0.4, 0.5) is 4.39 Å². The number of H-pyrrole nitrogens is 1. The number of halogens is 1. The van der Waals surface area contributed by atoms with E-state index in [1.807, 2.05) is 30.5 Å². The van der Waals surface area contributed by atoms with Crippen LogP contribution in [0.15, 0.2) is 35.7 Å². The van der Waals surface area contributed by atoms with Gasteiger partial charge < -0.3 is 0 Å². The molecule has 2 heterocycles. The smallest absolute Gasteiger partial charge is 0.200 e. The van der Waals surface area contributed by atoms with Crippen LogP contribution in [0.2, 0.25) is 0 Å². The first-order valence-electron chi connectivity index (χ1n) is 5.64. The van der Waals surface area contributed by atoms with E-state index in [0.717, 1.165) is 10.4 Å². The van der Waals surface area contributed by atoms with E-state index in [-0.39, 0.29) is 5.82 Å². The molecule has 0 bridgehead atoms. The molecule has 0 aliphatic heterocycles. The number of aromatic amines is 1. The number of hydrogen-bond acceptors (Lipinski definition) is 3. The van der Waals surface area contributed by atoms with Gasteiger partial charge in [-0.1, -0.05) is 12.1 Å². The Hall–Kier alpha value is -1.79. The SMILES string of the molecule is Cc1ccc(-n2c(-c3cccs3)n[nH]c2=S)c(F)c1. The lowest BCUT2D eigenvalue weighted by molar-refractivity contribution is 0.616. The molecule has 0 saturated heterocycles. The van der Waals surface area contributed by atoms with Crippen LogP contribution in [0.3, 0.4) is 0 Å². The second-order valence-corrected chi connectivity index (χ2v) is 5.45. The Balaban J connectivity index is 2.26.